The van der Waals surface area contributed by atoms with Crippen molar-refractivity contribution in [2.45, 2.75) is 9.79 Å². The number of hydrogen-bond acceptors (Lipinski definition) is 3. The lowest BCUT2D eigenvalue weighted by molar-refractivity contribution is 0.318. The summed E-state index contributed by atoms with van der Waals surface area (Å²) in [5.41, 5.74) is 6.22. The summed E-state index contributed by atoms with van der Waals surface area (Å²) in [5, 5.41) is 13.0. The monoisotopic (exact) mass is 312 g/mol. The fourth-order valence-corrected chi connectivity index (χ4v) is 2.87. The predicted octanol–water partition coefficient (Wildman–Crippen LogP) is 4.24. The highest BCUT2D eigenvalue weighted by Crippen LogP contribution is 2.35. The largest absolute Gasteiger partial charge is 0.409 e. The van der Waals surface area contributed by atoms with Gasteiger partial charge < -0.3 is 10.9 Å². The summed E-state index contributed by atoms with van der Waals surface area (Å²) in [5.74, 6) is 0.0112. The molecule has 0 bridgehead atoms. The minimum Gasteiger partial charge on any atom is -0.409 e. The fraction of sp³-hybridized carbons (Fsp3) is 0. The van der Waals surface area contributed by atoms with Gasteiger partial charge in [-0.05, 0) is 30.3 Å². The first-order valence-electron chi connectivity index (χ1n) is 5.31. The van der Waals surface area contributed by atoms with E-state index >= 15 is 0 Å². The van der Waals surface area contributed by atoms with Crippen LogP contribution in [-0.2, 0) is 0 Å². The van der Waals surface area contributed by atoms with Crippen molar-refractivity contribution in [2.24, 2.45) is 10.9 Å². The molecule has 0 aromatic heterocycles. The van der Waals surface area contributed by atoms with E-state index < -0.39 is 0 Å². The molecule has 0 unspecified atom stereocenters. The van der Waals surface area contributed by atoms with E-state index in [-0.39, 0.29) is 5.84 Å². The number of nitrogens with two attached hydrogens (primary N) is 1. The average Bonchev–Trinajstić information content (AvgIpc) is 2.42. The van der Waals surface area contributed by atoms with Crippen LogP contribution in [0.5, 0.6) is 0 Å². The minimum atomic E-state index is 0.0112. The molecular formula is C13H10Cl2N2OS. The van der Waals surface area contributed by atoms with Crippen LogP contribution in [0.25, 0.3) is 0 Å². The standard InChI is InChI=1S/C13H10Cl2N2OS/c14-8-5-6-11(9(7-8)13(16)17-18)19-12-4-2-1-3-10(12)15/h1-7,18H,(H2,16,17). The summed E-state index contributed by atoms with van der Waals surface area (Å²) < 4.78 is 0. The summed E-state index contributed by atoms with van der Waals surface area (Å²) in [4.78, 5) is 1.70. The second-order valence-electron chi connectivity index (χ2n) is 3.66. The highest BCUT2D eigenvalue weighted by Gasteiger charge is 2.11. The number of hydrogen-bond donors (Lipinski definition) is 2. The van der Waals surface area contributed by atoms with Gasteiger partial charge in [0.25, 0.3) is 0 Å². The van der Waals surface area contributed by atoms with Crippen LogP contribution in [0.4, 0.5) is 0 Å². The Kier molecular flexibility index (Phi) is 4.58. The molecule has 0 atom stereocenters. The van der Waals surface area contributed by atoms with Gasteiger partial charge in [0.1, 0.15) is 0 Å². The SMILES string of the molecule is NC(=NO)c1cc(Cl)ccc1Sc1ccccc1Cl. The molecule has 0 fully saturated rings. The lowest BCUT2D eigenvalue weighted by atomic mass is 10.2. The maximum Gasteiger partial charge on any atom is 0.171 e. The van der Waals surface area contributed by atoms with Gasteiger partial charge >= 0.3 is 0 Å². The van der Waals surface area contributed by atoms with E-state index in [1.54, 1.807) is 12.1 Å². The third-order valence-electron chi connectivity index (χ3n) is 2.38. The zero-order chi connectivity index (χ0) is 13.8. The maximum absolute atomic E-state index is 8.81. The van der Waals surface area contributed by atoms with Crippen molar-refractivity contribution in [3.05, 3.63) is 58.1 Å². The number of halogens is 2. The maximum atomic E-state index is 8.81. The lowest BCUT2D eigenvalue weighted by Gasteiger charge is -2.09. The van der Waals surface area contributed by atoms with Crippen LogP contribution < -0.4 is 5.73 Å². The van der Waals surface area contributed by atoms with Crippen molar-refractivity contribution in [1.82, 2.24) is 0 Å². The third kappa shape index (κ3) is 3.35. The van der Waals surface area contributed by atoms with E-state index in [2.05, 4.69) is 5.16 Å². The molecule has 0 aliphatic rings. The van der Waals surface area contributed by atoms with E-state index in [4.69, 9.17) is 34.1 Å². The van der Waals surface area contributed by atoms with Gasteiger partial charge in [-0.25, -0.2) is 0 Å². The van der Waals surface area contributed by atoms with Gasteiger partial charge in [-0.15, -0.1) is 0 Å². The zero-order valence-corrected chi connectivity index (χ0v) is 12.0. The molecule has 0 aliphatic heterocycles. The summed E-state index contributed by atoms with van der Waals surface area (Å²) in [6.07, 6.45) is 0. The van der Waals surface area contributed by atoms with Crippen molar-refractivity contribution >= 4 is 40.8 Å². The summed E-state index contributed by atoms with van der Waals surface area (Å²) >= 11 is 13.5. The topological polar surface area (TPSA) is 58.6 Å². The first kappa shape index (κ1) is 14.1. The second-order valence-corrected chi connectivity index (χ2v) is 5.59. The van der Waals surface area contributed by atoms with Gasteiger partial charge in [0.05, 0.1) is 5.02 Å². The van der Waals surface area contributed by atoms with Crippen LogP contribution in [0, 0.1) is 0 Å². The van der Waals surface area contributed by atoms with Crippen LogP contribution in [0.1, 0.15) is 5.56 Å². The predicted molar refractivity (Wildman–Crippen MR) is 79.5 cm³/mol. The Morgan fingerprint density at radius 1 is 1.11 bits per heavy atom. The number of amidine groups is 1. The number of nitrogens with zero attached hydrogens (tertiary/aromatic N) is 1. The lowest BCUT2D eigenvalue weighted by Crippen LogP contribution is -2.14. The Hall–Kier alpha value is -1.36. The van der Waals surface area contributed by atoms with Gasteiger partial charge in [0.15, 0.2) is 5.84 Å². The van der Waals surface area contributed by atoms with Crippen LogP contribution in [0.15, 0.2) is 57.4 Å². The van der Waals surface area contributed by atoms with E-state index in [0.717, 1.165) is 9.79 Å². The van der Waals surface area contributed by atoms with Gasteiger partial charge in [0, 0.05) is 20.4 Å². The van der Waals surface area contributed by atoms with E-state index in [9.17, 15) is 0 Å². The molecule has 98 valence electrons. The Bertz CT molecular complexity index is 632. The van der Waals surface area contributed by atoms with E-state index in [0.29, 0.717) is 15.6 Å². The van der Waals surface area contributed by atoms with Gasteiger partial charge in [-0.3, -0.25) is 0 Å². The van der Waals surface area contributed by atoms with Crippen molar-refractivity contribution in [2.75, 3.05) is 0 Å². The van der Waals surface area contributed by atoms with E-state index in [1.165, 1.54) is 11.8 Å². The molecule has 0 saturated heterocycles. The molecule has 6 heteroatoms. The Morgan fingerprint density at radius 2 is 1.84 bits per heavy atom. The molecular weight excluding hydrogens is 303 g/mol. The van der Waals surface area contributed by atoms with Crippen molar-refractivity contribution in [3.63, 3.8) is 0 Å². The third-order valence-corrected chi connectivity index (χ3v) is 4.21. The summed E-state index contributed by atoms with van der Waals surface area (Å²) in [6, 6.07) is 12.7. The Balaban J connectivity index is 2.43. The highest BCUT2D eigenvalue weighted by atomic mass is 35.5. The molecule has 2 aromatic carbocycles. The molecule has 0 heterocycles. The molecule has 3 nitrogen and oxygen atoms in total. The molecule has 0 radical (unpaired) electrons. The molecule has 19 heavy (non-hydrogen) atoms. The normalized spacial score (nSPS) is 11.6. The second kappa shape index (κ2) is 6.19. The number of benzene rings is 2. The van der Waals surface area contributed by atoms with Crippen molar-refractivity contribution < 1.29 is 5.21 Å². The van der Waals surface area contributed by atoms with Crippen molar-refractivity contribution in [1.29, 1.82) is 0 Å². The van der Waals surface area contributed by atoms with Crippen LogP contribution in [-0.4, -0.2) is 11.0 Å². The molecule has 2 aromatic rings. The van der Waals surface area contributed by atoms with Crippen molar-refractivity contribution in [3.8, 4) is 0 Å². The molecule has 0 aliphatic carbocycles. The molecule has 2 rings (SSSR count). The smallest absolute Gasteiger partial charge is 0.171 e. The van der Waals surface area contributed by atoms with E-state index in [1.807, 2.05) is 30.3 Å². The highest BCUT2D eigenvalue weighted by molar-refractivity contribution is 7.99. The first-order valence-corrected chi connectivity index (χ1v) is 6.89. The molecule has 0 spiro atoms. The number of oxime groups is 1. The minimum absolute atomic E-state index is 0.0112. The van der Waals surface area contributed by atoms with Crippen LogP contribution in [0.3, 0.4) is 0 Å². The van der Waals surface area contributed by atoms with Crippen LogP contribution in [0.2, 0.25) is 10.0 Å². The van der Waals surface area contributed by atoms with Gasteiger partial charge in [0.2, 0.25) is 0 Å². The van der Waals surface area contributed by atoms with Gasteiger partial charge in [-0.2, -0.15) is 0 Å². The molecule has 3 N–H and O–H groups in total. The summed E-state index contributed by atoms with van der Waals surface area (Å²) in [7, 11) is 0. The first-order chi connectivity index (χ1) is 9.11. The van der Waals surface area contributed by atoms with Crippen LogP contribution >= 0.6 is 35.0 Å². The quantitative estimate of drug-likeness (QED) is 0.386. The fourth-order valence-electron chi connectivity index (χ4n) is 1.49. The van der Waals surface area contributed by atoms with Gasteiger partial charge in [-0.1, -0.05) is 52.3 Å². The average molecular weight is 313 g/mol. The molecule has 0 saturated carbocycles. The number of rotatable bonds is 3. The Morgan fingerprint density at radius 3 is 2.53 bits per heavy atom. The zero-order valence-electron chi connectivity index (χ0n) is 9.68. The summed E-state index contributed by atoms with van der Waals surface area (Å²) in [6.45, 7) is 0. The molecule has 0 amide bonds. The Labute approximate surface area is 125 Å².